The zero-order valence-electron chi connectivity index (χ0n) is 16.6. The van der Waals surface area contributed by atoms with E-state index < -0.39 is 8.07 Å². The smallest absolute Gasteiger partial charge is 0.384 e. The molecule has 2 nitrogen and oxygen atoms in total. The highest BCUT2D eigenvalue weighted by Crippen LogP contribution is 2.43. The average Bonchev–Trinajstić information content (AvgIpc) is 2.53. The summed E-state index contributed by atoms with van der Waals surface area (Å²) in [6.45, 7) is 13.2. The van der Waals surface area contributed by atoms with Crippen LogP contribution in [0.25, 0.3) is 0 Å². The second kappa shape index (κ2) is 7.79. The van der Waals surface area contributed by atoms with E-state index in [1.54, 1.807) is 0 Å². The number of ether oxygens (including phenoxy) is 1. The van der Waals surface area contributed by atoms with Crippen LogP contribution in [0.15, 0.2) is 30.3 Å². The minimum absolute atomic E-state index is 0.0292. The van der Waals surface area contributed by atoms with E-state index in [-0.39, 0.29) is 17.5 Å². The van der Waals surface area contributed by atoms with Crippen molar-refractivity contribution in [2.45, 2.75) is 71.2 Å². The lowest BCUT2D eigenvalue weighted by atomic mass is 9.64. The minimum atomic E-state index is -1.57. The molecule has 1 saturated carbocycles. The lowest BCUT2D eigenvalue weighted by molar-refractivity contribution is -0.149. The molecule has 1 aliphatic carbocycles. The molecule has 0 unspecified atom stereocenters. The highest BCUT2D eigenvalue weighted by molar-refractivity contribution is 6.84. The van der Waals surface area contributed by atoms with E-state index in [0.29, 0.717) is 11.8 Å². The first kappa shape index (κ1) is 19.8. The van der Waals surface area contributed by atoms with Gasteiger partial charge in [0.1, 0.15) is 14.2 Å². The molecule has 0 spiro atoms. The molecule has 0 amide bonds. The molecule has 3 heteroatoms. The molecule has 25 heavy (non-hydrogen) atoms. The van der Waals surface area contributed by atoms with E-state index in [2.05, 4.69) is 76.1 Å². The largest absolute Gasteiger partial charge is 0.452 e. The van der Waals surface area contributed by atoms with Gasteiger partial charge in [-0.15, -0.1) is 5.54 Å². The van der Waals surface area contributed by atoms with Crippen molar-refractivity contribution in [3.63, 3.8) is 0 Å². The molecule has 1 aromatic carbocycles. The van der Waals surface area contributed by atoms with Gasteiger partial charge < -0.3 is 4.74 Å². The highest BCUT2D eigenvalue weighted by Gasteiger charge is 2.41. The average molecular weight is 357 g/mol. The number of benzene rings is 1. The fourth-order valence-corrected chi connectivity index (χ4v) is 4.25. The van der Waals surface area contributed by atoms with Crippen molar-refractivity contribution in [3.8, 4) is 11.5 Å². The first-order valence-electron chi connectivity index (χ1n) is 9.39. The van der Waals surface area contributed by atoms with E-state index in [4.69, 9.17) is 4.74 Å². The van der Waals surface area contributed by atoms with Crippen LogP contribution in [0.2, 0.25) is 19.6 Å². The Morgan fingerprint density at radius 3 is 2.40 bits per heavy atom. The maximum absolute atomic E-state index is 12.3. The van der Waals surface area contributed by atoms with E-state index in [0.717, 1.165) is 12.8 Å². The normalized spacial score (nSPS) is 24.2. The number of carbonyl (C=O) groups is 1. The van der Waals surface area contributed by atoms with Crippen LogP contribution in [0.3, 0.4) is 0 Å². The zero-order valence-corrected chi connectivity index (χ0v) is 17.6. The van der Waals surface area contributed by atoms with Crippen molar-refractivity contribution in [2.75, 3.05) is 0 Å². The van der Waals surface area contributed by atoms with Gasteiger partial charge in [0.15, 0.2) is 0 Å². The van der Waals surface area contributed by atoms with E-state index >= 15 is 0 Å². The monoisotopic (exact) mass is 356 g/mol. The van der Waals surface area contributed by atoms with Gasteiger partial charge in [-0.3, -0.25) is 0 Å². The van der Waals surface area contributed by atoms with Crippen molar-refractivity contribution in [1.82, 2.24) is 0 Å². The molecule has 136 valence electrons. The van der Waals surface area contributed by atoms with Crippen molar-refractivity contribution in [3.05, 3.63) is 35.9 Å². The molecule has 1 aliphatic rings. The molecule has 1 fully saturated rings. The third-order valence-electron chi connectivity index (χ3n) is 5.30. The van der Waals surface area contributed by atoms with Gasteiger partial charge in [-0.2, -0.15) is 0 Å². The van der Waals surface area contributed by atoms with Crippen molar-refractivity contribution in [1.29, 1.82) is 0 Å². The Labute approximate surface area is 154 Å². The minimum Gasteiger partial charge on any atom is -0.452 e. The van der Waals surface area contributed by atoms with Crippen molar-refractivity contribution < 1.29 is 9.53 Å². The number of carbonyl (C=O) groups excluding carboxylic acids is 1. The standard InChI is InChI=1S/C22H32O2Si/c1-17-12-13-19(22(2,3)18-10-8-7-9-11-18)20(16-17)24-21(23)14-15-25(4,5)6/h7-11,17,19-20H,12-13,16H2,1-6H3/t17-,19-,20-/m1/s1. The van der Waals surface area contributed by atoms with Crippen molar-refractivity contribution in [2.24, 2.45) is 11.8 Å². The first-order chi connectivity index (χ1) is 11.6. The van der Waals surface area contributed by atoms with Gasteiger partial charge in [-0.05, 0) is 29.7 Å². The highest BCUT2D eigenvalue weighted by atomic mass is 28.3. The lowest BCUT2D eigenvalue weighted by Gasteiger charge is -2.43. The summed E-state index contributed by atoms with van der Waals surface area (Å²) in [4.78, 5) is 12.3. The van der Waals surface area contributed by atoms with Crippen LogP contribution in [0, 0.1) is 23.3 Å². The molecule has 2 rings (SSSR count). The Morgan fingerprint density at radius 2 is 1.80 bits per heavy atom. The maximum Gasteiger partial charge on any atom is 0.384 e. The van der Waals surface area contributed by atoms with Gasteiger partial charge in [0.25, 0.3) is 0 Å². The molecule has 0 saturated heterocycles. The second-order valence-electron chi connectivity index (χ2n) is 9.06. The molecule has 0 N–H and O–H groups in total. The van der Waals surface area contributed by atoms with Crippen molar-refractivity contribution >= 4 is 14.0 Å². The quantitative estimate of drug-likeness (QED) is 0.423. The van der Waals surface area contributed by atoms with Gasteiger partial charge in [0.05, 0.1) is 0 Å². The summed E-state index contributed by atoms with van der Waals surface area (Å²) in [5.74, 6) is 3.31. The number of hydrogen-bond acceptors (Lipinski definition) is 2. The third-order valence-corrected chi connectivity index (χ3v) is 6.17. The number of rotatable bonds is 3. The van der Waals surface area contributed by atoms with Gasteiger partial charge in [0, 0.05) is 11.8 Å². The van der Waals surface area contributed by atoms with Crippen LogP contribution in [-0.4, -0.2) is 20.1 Å². The molecule has 0 heterocycles. The summed E-state index contributed by atoms with van der Waals surface area (Å²) in [5, 5.41) is 0. The van der Waals surface area contributed by atoms with Crippen LogP contribution >= 0.6 is 0 Å². The maximum atomic E-state index is 12.3. The fourth-order valence-electron chi connectivity index (χ4n) is 3.77. The van der Waals surface area contributed by atoms with Gasteiger partial charge in [-0.25, -0.2) is 4.79 Å². The Bertz CT molecular complexity index is 646. The Hall–Kier alpha value is -1.53. The molecule has 0 radical (unpaired) electrons. The summed E-state index contributed by atoms with van der Waals surface area (Å²) >= 11 is 0. The van der Waals surface area contributed by atoms with Crippen LogP contribution in [0.1, 0.15) is 45.6 Å². The lowest BCUT2D eigenvalue weighted by Crippen LogP contribution is -2.43. The van der Waals surface area contributed by atoms with E-state index in [9.17, 15) is 4.79 Å². The molecular formula is C22H32O2Si. The van der Waals surface area contributed by atoms with Crippen LogP contribution in [0.4, 0.5) is 0 Å². The Kier molecular flexibility index (Phi) is 6.16. The summed E-state index contributed by atoms with van der Waals surface area (Å²) in [7, 11) is -1.57. The Balaban J connectivity index is 2.20. The first-order valence-corrected chi connectivity index (χ1v) is 12.9. The fraction of sp³-hybridized carbons (Fsp3) is 0.591. The van der Waals surface area contributed by atoms with Crippen LogP contribution < -0.4 is 0 Å². The summed E-state index contributed by atoms with van der Waals surface area (Å²) in [6, 6.07) is 10.6. The van der Waals surface area contributed by atoms with Gasteiger partial charge >= 0.3 is 5.97 Å². The number of hydrogen-bond donors (Lipinski definition) is 0. The molecular weight excluding hydrogens is 324 g/mol. The van der Waals surface area contributed by atoms with Crippen LogP contribution in [0.5, 0.6) is 0 Å². The molecule has 3 atom stereocenters. The Morgan fingerprint density at radius 1 is 1.16 bits per heavy atom. The van der Waals surface area contributed by atoms with Gasteiger partial charge in [-0.1, -0.05) is 77.2 Å². The van der Waals surface area contributed by atoms with E-state index in [1.807, 2.05) is 6.07 Å². The molecule has 0 bridgehead atoms. The summed E-state index contributed by atoms with van der Waals surface area (Å²) in [5.41, 5.74) is 4.40. The zero-order chi connectivity index (χ0) is 18.7. The molecule has 1 aromatic rings. The molecule has 0 aliphatic heterocycles. The summed E-state index contributed by atoms with van der Waals surface area (Å²) < 4.78 is 5.89. The topological polar surface area (TPSA) is 26.3 Å². The van der Waals surface area contributed by atoms with Gasteiger partial charge in [0.2, 0.25) is 0 Å². The summed E-state index contributed by atoms with van der Waals surface area (Å²) in [6.07, 6.45) is 3.15. The number of esters is 1. The van der Waals surface area contributed by atoms with Crippen LogP contribution in [-0.2, 0) is 14.9 Å². The second-order valence-corrected chi connectivity index (χ2v) is 13.8. The third kappa shape index (κ3) is 5.47. The SMILES string of the molecule is C[C@@H]1CC[C@@H](C(C)(C)c2ccccc2)[C@H](OC(=O)C#C[Si](C)(C)C)C1. The predicted molar refractivity (Wildman–Crippen MR) is 107 cm³/mol. The van der Waals surface area contributed by atoms with E-state index in [1.165, 1.54) is 12.0 Å². The predicted octanol–water partition coefficient (Wildman–Crippen LogP) is 5.19. The molecule has 0 aromatic heterocycles.